The molecule has 7 rings (SSSR count). The van der Waals surface area contributed by atoms with E-state index in [1.165, 1.54) is 38.5 Å². The number of hydrogen-bond donors (Lipinski definition) is 2. The van der Waals surface area contributed by atoms with Crippen LogP contribution in [0.3, 0.4) is 0 Å². The SMILES string of the molecule is COC(=O)c1ccc([C@H](C)NC(=O)c2c(C(F)(F)F)nn3c2N(Cc2cccc(CN4CCn5nc(C(F)(F)F)c(C(=O)N[C@@H](C)c6ccc(C(=O)OC)cc6)c54)c2)CC3)cc1. The molecule has 2 N–H and O–H groups in total. The first-order valence-corrected chi connectivity index (χ1v) is 19.3. The molecule has 2 amide bonds. The number of esters is 2. The lowest BCUT2D eigenvalue weighted by Crippen LogP contribution is -2.31. The van der Waals surface area contributed by atoms with Crippen LogP contribution in [0.2, 0.25) is 0 Å². The van der Waals surface area contributed by atoms with Gasteiger partial charge in [0, 0.05) is 26.2 Å². The fourth-order valence-corrected chi connectivity index (χ4v) is 7.65. The zero-order valence-corrected chi connectivity index (χ0v) is 33.7. The van der Waals surface area contributed by atoms with E-state index in [0.29, 0.717) is 22.3 Å². The Labute approximate surface area is 350 Å². The van der Waals surface area contributed by atoms with Crippen LogP contribution in [0.1, 0.15) is 101 Å². The maximum Gasteiger partial charge on any atom is 0.436 e. The van der Waals surface area contributed by atoms with Gasteiger partial charge in [0.15, 0.2) is 11.4 Å². The van der Waals surface area contributed by atoms with E-state index in [9.17, 15) is 45.5 Å². The van der Waals surface area contributed by atoms with Crippen molar-refractivity contribution in [3.63, 3.8) is 0 Å². The third-order valence-electron chi connectivity index (χ3n) is 10.7. The number of alkyl halides is 6. The van der Waals surface area contributed by atoms with Crippen LogP contribution in [0.5, 0.6) is 0 Å². The molecule has 0 fully saturated rings. The second-order valence-electron chi connectivity index (χ2n) is 14.8. The van der Waals surface area contributed by atoms with E-state index in [-0.39, 0.29) is 62.0 Å². The number of hydrogen-bond acceptors (Lipinski definition) is 10. The predicted molar refractivity (Wildman–Crippen MR) is 210 cm³/mol. The molecule has 4 heterocycles. The van der Waals surface area contributed by atoms with Crippen LogP contribution in [-0.2, 0) is 48.0 Å². The van der Waals surface area contributed by atoms with Crippen LogP contribution in [-0.4, -0.2) is 70.6 Å². The van der Waals surface area contributed by atoms with Crippen LogP contribution in [0, 0.1) is 0 Å². The molecule has 326 valence electrons. The van der Waals surface area contributed by atoms with Crippen molar-refractivity contribution >= 4 is 35.4 Å². The average molecular weight is 867 g/mol. The Bertz CT molecular complexity index is 2350. The molecule has 2 aromatic heterocycles. The van der Waals surface area contributed by atoms with Crippen molar-refractivity contribution in [1.29, 1.82) is 0 Å². The molecule has 0 spiro atoms. The Morgan fingerprint density at radius 3 is 1.32 bits per heavy atom. The first kappa shape index (κ1) is 43.2. The number of ether oxygens (including phenoxy) is 2. The highest BCUT2D eigenvalue weighted by Crippen LogP contribution is 2.41. The van der Waals surface area contributed by atoms with Gasteiger partial charge in [0.05, 0.1) is 50.5 Å². The molecule has 2 atom stereocenters. The maximum atomic E-state index is 14.4. The van der Waals surface area contributed by atoms with Crippen LogP contribution < -0.4 is 20.4 Å². The number of halogens is 6. The first-order valence-electron chi connectivity index (χ1n) is 19.3. The number of nitrogens with zero attached hydrogens (tertiary/aromatic N) is 6. The highest BCUT2D eigenvalue weighted by Gasteiger charge is 2.46. The largest absolute Gasteiger partial charge is 0.465 e. The van der Waals surface area contributed by atoms with Crippen molar-refractivity contribution in [3.05, 3.63) is 129 Å². The molecule has 20 heteroatoms. The van der Waals surface area contributed by atoms with Crippen molar-refractivity contribution in [2.24, 2.45) is 0 Å². The molecule has 0 saturated carbocycles. The van der Waals surface area contributed by atoms with Crippen molar-refractivity contribution in [2.45, 2.75) is 64.5 Å². The highest BCUT2D eigenvalue weighted by molar-refractivity contribution is 6.02. The Morgan fingerprint density at radius 2 is 0.984 bits per heavy atom. The van der Waals surface area contributed by atoms with Crippen LogP contribution in [0.4, 0.5) is 38.0 Å². The summed E-state index contributed by atoms with van der Waals surface area (Å²) < 4.78 is 98.0. The summed E-state index contributed by atoms with van der Waals surface area (Å²) in [6.45, 7) is 3.89. The molecule has 0 saturated heterocycles. The molecule has 0 aliphatic carbocycles. The van der Waals surface area contributed by atoms with Gasteiger partial charge in [-0.1, -0.05) is 48.5 Å². The van der Waals surface area contributed by atoms with Gasteiger partial charge in [-0.3, -0.25) is 9.59 Å². The molecule has 0 unspecified atom stereocenters. The zero-order chi connectivity index (χ0) is 44.7. The Balaban J connectivity index is 1.10. The summed E-state index contributed by atoms with van der Waals surface area (Å²) in [6, 6.07) is 17.6. The third-order valence-corrected chi connectivity index (χ3v) is 10.7. The van der Waals surface area contributed by atoms with E-state index >= 15 is 0 Å². The van der Waals surface area contributed by atoms with E-state index in [1.54, 1.807) is 72.2 Å². The fourth-order valence-electron chi connectivity index (χ4n) is 7.65. The minimum atomic E-state index is -4.96. The first-order chi connectivity index (χ1) is 29.4. The summed E-state index contributed by atoms with van der Waals surface area (Å²) >= 11 is 0. The van der Waals surface area contributed by atoms with E-state index in [1.807, 2.05) is 0 Å². The number of amides is 2. The number of nitrogens with one attached hydrogen (secondary N) is 2. The summed E-state index contributed by atoms with van der Waals surface area (Å²) in [5.41, 5.74) is -1.15. The number of aromatic nitrogens is 4. The average Bonchev–Trinajstić information content (AvgIpc) is 4.02. The number of benzene rings is 3. The lowest BCUT2D eigenvalue weighted by Gasteiger charge is -2.23. The van der Waals surface area contributed by atoms with Gasteiger partial charge in [0.25, 0.3) is 11.8 Å². The standard InChI is InChI=1S/C42H40F6N8O6/c1-23(27-8-12-29(13-9-27)39(59)61-3)49-35(57)31-33(41(43,44)45)51-55-18-16-53(37(31)55)21-25-6-5-7-26(20-25)22-54-17-19-56-38(54)32(34(52-56)42(46,47)48)36(58)50-24(2)28-10-14-30(15-11-28)40(60)62-4/h5-15,20,23-24H,16-19,21-22H2,1-4H3,(H,49,57)(H,50,58)/t23-,24-/m0/s1. The van der Waals surface area contributed by atoms with Gasteiger partial charge in [-0.2, -0.15) is 36.5 Å². The summed E-state index contributed by atoms with van der Waals surface area (Å²) in [6.07, 6.45) is -9.92. The molecular formula is C42H40F6N8O6. The van der Waals surface area contributed by atoms with E-state index in [0.717, 1.165) is 9.36 Å². The van der Waals surface area contributed by atoms with Gasteiger partial charge in [0.1, 0.15) is 22.8 Å². The molecule has 3 aromatic carbocycles. The van der Waals surface area contributed by atoms with Gasteiger partial charge in [-0.15, -0.1) is 0 Å². The number of rotatable bonds is 12. The van der Waals surface area contributed by atoms with Crippen molar-refractivity contribution < 1.29 is 55.0 Å². The Hall–Kier alpha value is -6.86. The molecule has 2 aliphatic rings. The minimum absolute atomic E-state index is 0.0270. The summed E-state index contributed by atoms with van der Waals surface area (Å²) in [4.78, 5) is 54.3. The van der Waals surface area contributed by atoms with Crippen molar-refractivity contribution in [3.8, 4) is 0 Å². The summed E-state index contributed by atoms with van der Waals surface area (Å²) in [5, 5.41) is 12.8. The molecule has 0 radical (unpaired) electrons. The lowest BCUT2D eigenvalue weighted by molar-refractivity contribution is -0.142. The normalized spacial score (nSPS) is 14.5. The van der Waals surface area contributed by atoms with Gasteiger partial charge >= 0.3 is 24.3 Å². The van der Waals surface area contributed by atoms with E-state index in [4.69, 9.17) is 9.47 Å². The lowest BCUT2D eigenvalue weighted by atomic mass is 10.0. The van der Waals surface area contributed by atoms with Gasteiger partial charge in [0.2, 0.25) is 0 Å². The number of fused-ring (bicyclic) bond motifs is 2. The van der Waals surface area contributed by atoms with E-state index in [2.05, 4.69) is 20.8 Å². The monoisotopic (exact) mass is 866 g/mol. The van der Waals surface area contributed by atoms with Crippen molar-refractivity contribution in [2.75, 3.05) is 37.1 Å². The second kappa shape index (κ2) is 16.9. The Kier molecular flexibility index (Phi) is 11.8. The van der Waals surface area contributed by atoms with Gasteiger partial charge in [-0.05, 0) is 60.4 Å². The minimum Gasteiger partial charge on any atom is -0.465 e. The number of carbonyl (C=O) groups excluding carboxylic acids is 4. The Morgan fingerprint density at radius 1 is 0.613 bits per heavy atom. The molecule has 0 bridgehead atoms. The molecule has 14 nitrogen and oxygen atoms in total. The van der Waals surface area contributed by atoms with Gasteiger partial charge < -0.3 is 29.9 Å². The predicted octanol–water partition coefficient (Wildman–Crippen LogP) is 6.71. The second-order valence-corrected chi connectivity index (χ2v) is 14.8. The fraction of sp³-hybridized carbons (Fsp3) is 0.333. The molecule has 2 aliphatic heterocycles. The summed E-state index contributed by atoms with van der Waals surface area (Å²) in [7, 11) is 2.46. The number of carbonyl (C=O) groups is 4. The topological polar surface area (TPSA) is 153 Å². The summed E-state index contributed by atoms with van der Waals surface area (Å²) in [5.74, 6) is -3.20. The van der Waals surface area contributed by atoms with Crippen molar-refractivity contribution in [1.82, 2.24) is 30.2 Å². The highest BCUT2D eigenvalue weighted by atomic mass is 19.4. The molecule has 5 aromatic rings. The smallest absolute Gasteiger partial charge is 0.436 e. The number of methoxy groups -OCH3 is 2. The van der Waals surface area contributed by atoms with Gasteiger partial charge in [-0.25, -0.2) is 19.0 Å². The number of anilines is 2. The molecular weight excluding hydrogens is 826 g/mol. The molecule has 62 heavy (non-hydrogen) atoms. The quantitative estimate of drug-likeness (QED) is 0.102. The van der Waals surface area contributed by atoms with E-state index < -0.39 is 70.7 Å². The van der Waals surface area contributed by atoms with Crippen LogP contribution in [0.15, 0.2) is 72.8 Å². The maximum absolute atomic E-state index is 14.4. The third kappa shape index (κ3) is 8.66. The van der Waals surface area contributed by atoms with Crippen LogP contribution >= 0.6 is 0 Å². The van der Waals surface area contributed by atoms with Crippen LogP contribution in [0.25, 0.3) is 0 Å². The zero-order valence-electron chi connectivity index (χ0n) is 33.7.